The van der Waals surface area contributed by atoms with E-state index < -0.39 is 0 Å². The molecule has 0 saturated carbocycles. The van der Waals surface area contributed by atoms with Gasteiger partial charge in [-0.2, -0.15) is 0 Å². The molecule has 1 aromatic carbocycles. The van der Waals surface area contributed by atoms with Gasteiger partial charge in [0.25, 0.3) is 5.91 Å². The molecule has 0 aliphatic carbocycles. The average molecular weight is 316 g/mol. The van der Waals surface area contributed by atoms with E-state index in [1.165, 1.54) is 21.3 Å². The molecule has 0 saturated heterocycles. The Bertz CT molecular complexity index is 465. The highest BCUT2D eigenvalue weighted by Gasteiger charge is 2.20. The fourth-order valence-corrected chi connectivity index (χ4v) is 2.16. The average Bonchev–Trinajstić information content (AvgIpc) is 2.52. The van der Waals surface area contributed by atoms with Crippen LogP contribution in [0.3, 0.4) is 0 Å². The first-order valence-corrected chi connectivity index (χ1v) is 7.36. The summed E-state index contributed by atoms with van der Waals surface area (Å²) in [5.41, 5.74) is 0.424. The van der Waals surface area contributed by atoms with E-state index in [1.807, 2.05) is 0 Å². The van der Waals surface area contributed by atoms with Gasteiger partial charge in [0.2, 0.25) is 5.75 Å². The van der Waals surface area contributed by atoms with E-state index in [0.29, 0.717) is 35.2 Å². The van der Waals surface area contributed by atoms with Crippen molar-refractivity contribution in [3.8, 4) is 17.2 Å². The monoisotopic (exact) mass is 315 g/mol. The summed E-state index contributed by atoms with van der Waals surface area (Å²) in [6.45, 7) is 0.604. The number of methoxy groups -OCH3 is 3. The minimum Gasteiger partial charge on any atom is -0.493 e. The second-order valence-corrected chi connectivity index (χ2v) is 4.77. The van der Waals surface area contributed by atoms with Crippen LogP contribution in [-0.4, -0.2) is 39.7 Å². The minimum absolute atomic E-state index is 0.196. The molecule has 1 aromatic rings. The smallest absolute Gasteiger partial charge is 0.255 e. The molecule has 5 nitrogen and oxygen atoms in total. The van der Waals surface area contributed by atoms with Crippen LogP contribution in [0.15, 0.2) is 12.1 Å². The molecule has 0 bridgehead atoms. The molecule has 1 N–H and O–H groups in total. The highest BCUT2D eigenvalue weighted by atomic mass is 35.5. The molecular weight excluding hydrogens is 294 g/mol. The molecule has 118 valence electrons. The summed E-state index contributed by atoms with van der Waals surface area (Å²) in [6, 6.07) is 3.35. The van der Waals surface area contributed by atoms with Crippen LogP contribution >= 0.6 is 11.6 Å². The van der Waals surface area contributed by atoms with Crippen molar-refractivity contribution in [1.82, 2.24) is 5.32 Å². The van der Waals surface area contributed by atoms with Crippen LogP contribution in [0.2, 0.25) is 0 Å². The van der Waals surface area contributed by atoms with Crippen molar-refractivity contribution in [1.29, 1.82) is 0 Å². The third kappa shape index (κ3) is 4.70. The van der Waals surface area contributed by atoms with Crippen molar-refractivity contribution < 1.29 is 19.0 Å². The van der Waals surface area contributed by atoms with Gasteiger partial charge in [0, 0.05) is 12.4 Å². The molecule has 0 fully saturated rings. The molecule has 0 unspecified atom stereocenters. The Labute approximate surface area is 130 Å². The van der Waals surface area contributed by atoms with Gasteiger partial charge in [-0.3, -0.25) is 4.79 Å². The van der Waals surface area contributed by atoms with Gasteiger partial charge in [0.15, 0.2) is 11.5 Å². The van der Waals surface area contributed by atoms with Crippen molar-refractivity contribution in [2.45, 2.75) is 19.3 Å². The summed E-state index contributed by atoms with van der Waals surface area (Å²) in [4.78, 5) is 12.2. The zero-order valence-electron chi connectivity index (χ0n) is 12.7. The lowest BCUT2D eigenvalue weighted by Crippen LogP contribution is -2.25. The number of halogens is 1. The fourth-order valence-electron chi connectivity index (χ4n) is 1.97. The molecule has 0 aliphatic rings. The van der Waals surface area contributed by atoms with Gasteiger partial charge in [-0.15, -0.1) is 11.6 Å². The molecule has 0 aromatic heterocycles. The lowest BCUT2D eigenvalue weighted by atomic mass is 10.1. The molecular formula is C15H22ClNO4. The lowest BCUT2D eigenvalue weighted by molar-refractivity contribution is 0.0949. The highest BCUT2D eigenvalue weighted by Crippen LogP contribution is 2.39. The summed E-state index contributed by atoms with van der Waals surface area (Å²) < 4.78 is 15.7. The van der Waals surface area contributed by atoms with Gasteiger partial charge in [0.1, 0.15) is 0 Å². The molecule has 6 heteroatoms. The van der Waals surface area contributed by atoms with E-state index in [1.54, 1.807) is 12.1 Å². The van der Waals surface area contributed by atoms with E-state index in [0.717, 1.165) is 19.3 Å². The normalized spacial score (nSPS) is 10.1. The van der Waals surface area contributed by atoms with Crippen LogP contribution in [0, 0.1) is 0 Å². The molecule has 0 heterocycles. The standard InChI is InChI=1S/C15H22ClNO4/c1-19-12-8-7-11(13(20-2)14(12)21-3)15(18)17-10-6-4-5-9-16/h7-8H,4-6,9-10H2,1-3H3,(H,17,18). The Balaban J connectivity index is 2.79. The number of amides is 1. The molecule has 1 amide bonds. The van der Waals surface area contributed by atoms with Crippen LogP contribution in [0.4, 0.5) is 0 Å². The molecule has 0 atom stereocenters. The molecule has 0 radical (unpaired) electrons. The first-order valence-electron chi connectivity index (χ1n) is 6.82. The van der Waals surface area contributed by atoms with Gasteiger partial charge in [-0.1, -0.05) is 6.42 Å². The van der Waals surface area contributed by atoms with Gasteiger partial charge < -0.3 is 19.5 Å². The van der Waals surface area contributed by atoms with E-state index in [-0.39, 0.29) is 5.91 Å². The van der Waals surface area contributed by atoms with Crippen LogP contribution in [0.1, 0.15) is 29.6 Å². The number of ether oxygens (including phenoxy) is 3. The van der Waals surface area contributed by atoms with Gasteiger partial charge in [-0.05, 0) is 25.0 Å². The van der Waals surface area contributed by atoms with Crippen molar-refractivity contribution in [2.24, 2.45) is 0 Å². The van der Waals surface area contributed by atoms with Gasteiger partial charge >= 0.3 is 0 Å². The third-order valence-electron chi connectivity index (χ3n) is 3.04. The van der Waals surface area contributed by atoms with Crippen molar-refractivity contribution in [3.63, 3.8) is 0 Å². The number of carbonyl (C=O) groups excluding carboxylic acids is 1. The Kier molecular flexibility index (Phi) is 7.75. The molecule has 0 spiro atoms. The predicted octanol–water partition coefficient (Wildman–Crippen LogP) is 2.85. The maximum absolute atomic E-state index is 12.2. The number of hydrogen-bond acceptors (Lipinski definition) is 4. The largest absolute Gasteiger partial charge is 0.493 e. The van der Waals surface area contributed by atoms with E-state index >= 15 is 0 Å². The second kappa shape index (κ2) is 9.34. The zero-order valence-corrected chi connectivity index (χ0v) is 13.5. The van der Waals surface area contributed by atoms with Crippen LogP contribution in [0.5, 0.6) is 17.2 Å². The van der Waals surface area contributed by atoms with Gasteiger partial charge in [-0.25, -0.2) is 0 Å². The summed E-state index contributed by atoms with van der Waals surface area (Å²) in [5, 5.41) is 2.86. The van der Waals surface area contributed by atoms with Crippen LogP contribution < -0.4 is 19.5 Å². The number of rotatable bonds is 9. The summed E-state index contributed by atoms with van der Waals surface area (Å²) >= 11 is 5.61. The number of hydrogen-bond donors (Lipinski definition) is 1. The molecule has 21 heavy (non-hydrogen) atoms. The first-order chi connectivity index (χ1) is 10.2. The number of alkyl halides is 1. The maximum Gasteiger partial charge on any atom is 0.255 e. The van der Waals surface area contributed by atoms with Crippen LogP contribution in [0.25, 0.3) is 0 Å². The first kappa shape index (κ1) is 17.4. The third-order valence-corrected chi connectivity index (χ3v) is 3.31. The predicted molar refractivity (Wildman–Crippen MR) is 83.0 cm³/mol. The summed E-state index contributed by atoms with van der Waals surface area (Å²) in [6.07, 6.45) is 2.85. The zero-order chi connectivity index (χ0) is 15.7. The SMILES string of the molecule is COc1ccc(C(=O)NCCCCCCl)c(OC)c1OC. The van der Waals surface area contributed by atoms with E-state index in [4.69, 9.17) is 25.8 Å². The second-order valence-electron chi connectivity index (χ2n) is 4.39. The van der Waals surface area contributed by atoms with Crippen molar-refractivity contribution in [3.05, 3.63) is 17.7 Å². The topological polar surface area (TPSA) is 56.8 Å². The van der Waals surface area contributed by atoms with Crippen molar-refractivity contribution in [2.75, 3.05) is 33.8 Å². The lowest BCUT2D eigenvalue weighted by Gasteiger charge is -2.15. The summed E-state index contributed by atoms with van der Waals surface area (Å²) in [5.74, 6) is 1.76. The van der Waals surface area contributed by atoms with Crippen molar-refractivity contribution >= 4 is 17.5 Å². The molecule has 1 rings (SSSR count). The molecule has 0 aliphatic heterocycles. The van der Waals surface area contributed by atoms with E-state index in [2.05, 4.69) is 5.32 Å². The number of nitrogens with one attached hydrogen (secondary N) is 1. The van der Waals surface area contributed by atoms with Crippen LogP contribution in [-0.2, 0) is 0 Å². The fraction of sp³-hybridized carbons (Fsp3) is 0.533. The summed E-state index contributed by atoms with van der Waals surface area (Å²) in [7, 11) is 4.54. The number of carbonyl (C=O) groups is 1. The Morgan fingerprint density at radius 1 is 1.05 bits per heavy atom. The number of benzene rings is 1. The maximum atomic E-state index is 12.2. The Morgan fingerprint density at radius 3 is 2.33 bits per heavy atom. The number of unbranched alkanes of at least 4 members (excludes halogenated alkanes) is 2. The minimum atomic E-state index is -0.196. The quantitative estimate of drug-likeness (QED) is 0.562. The Morgan fingerprint density at radius 2 is 1.76 bits per heavy atom. The van der Waals surface area contributed by atoms with E-state index in [9.17, 15) is 4.79 Å². The van der Waals surface area contributed by atoms with Gasteiger partial charge in [0.05, 0.1) is 26.9 Å². The Hall–Kier alpha value is -1.62. The highest BCUT2D eigenvalue weighted by molar-refractivity contribution is 6.17.